The maximum Gasteiger partial charge on any atom is 0.270 e. The Bertz CT molecular complexity index is 2060. The Morgan fingerprint density at radius 3 is 0.611 bits per heavy atom. The van der Waals surface area contributed by atoms with E-state index in [1.165, 1.54) is 0 Å². The van der Waals surface area contributed by atoms with Crippen LogP contribution in [-0.4, -0.2) is 29.9 Å². The average molecular weight is 778 g/mol. The Balaban J connectivity index is 1.59. The molecule has 0 amide bonds. The van der Waals surface area contributed by atoms with Crippen LogP contribution in [0.2, 0.25) is 0 Å². The molecule has 0 saturated carbocycles. The third kappa shape index (κ3) is 9.12. The molecule has 276 valence electrons. The van der Waals surface area contributed by atoms with Gasteiger partial charge >= 0.3 is 0 Å². The molecule has 18 heteroatoms. The predicted molar refractivity (Wildman–Crippen MR) is 224 cm³/mol. The van der Waals surface area contributed by atoms with E-state index in [2.05, 4.69) is 30.5 Å². The lowest BCUT2D eigenvalue weighted by atomic mass is 10.3. The molecule has 1 aliphatic heterocycles. The molecule has 6 aromatic rings. The quantitative estimate of drug-likeness (QED) is 0.0647. The van der Waals surface area contributed by atoms with Crippen LogP contribution in [0.1, 0.15) is 33.4 Å². The topological polar surface area (TPSA) is 187 Å². The number of hydrogen-bond acceptors (Lipinski definition) is 15. The molecule has 7 rings (SSSR count). The number of nitrogens with zero attached hydrogens (tertiary/aromatic N) is 9. The van der Waals surface area contributed by atoms with E-state index in [0.29, 0.717) is 34.9 Å². The van der Waals surface area contributed by atoms with Crippen LogP contribution < -0.4 is 30.5 Å². The van der Waals surface area contributed by atoms with Gasteiger partial charge in [0.25, 0.3) is 22.5 Å². The zero-order valence-corrected chi connectivity index (χ0v) is 33.4. The second kappa shape index (κ2) is 15.4. The molecule has 0 bridgehead atoms. The first kappa shape index (κ1) is 36.7. The number of aromatic nitrogens is 6. The van der Waals surface area contributed by atoms with Crippen molar-refractivity contribution in [2.24, 2.45) is 13.5 Å². The minimum Gasteiger partial charge on any atom is -0.303 e. The maximum atomic E-state index is 5.65. The van der Waals surface area contributed by atoms with Gasteiger partial charge in [-0.05, 0) is 148 Å². The SMILES string of the molecule is Cc1ccnc(NP2(Nc3cc(C)ccn3)=NP(Nc3cc(C)ccn3)(Nc3cc(C)ccn3)=NP(Nc3cc(C)ccn3)(Nc3cc(C)ccn3)=N2)c1. The van der Waals surface area contributed by atoms with Crippen LogP contribution in [0.15, 0.2) is 124 Å². The fraction of sp³-hybridized carbons (Fsp3) is 0.167. The first-order valence-electron chi connectivity index (χ1n) is 17.1. The molecule has 0 saturated heterocycles. The molecule has 0 aromatic carbocycles. The molecule has 0 fully saturated rings. The normalized spacial score (nSPS) is 15.0. The molecule has 0 atom stereocenters. The van der Waals surface area contributed by atoms with E-state index in [4.69, 9.17) is 43.5 Å². The molecule has 0 unspecified atom stereocenters. The smallest absolute Gasteiger partial charge is 0.270 e. The van der Waals surface area contributed by atoms with Gasteiger partial charge in [0.15, 0.2) is 0 Å². The zero-order chi connectivity index (χ0) is 37.8. The van der Waals surface area contributed by atoms with Crippen LogP contribution in [0.25, 0.3) is 0 Å². The number of anilines is 6. The Labute approximate surface area is 315 Å². The van der Waals surface area contributed by atoms with E-state index in [1.807, 2.05) is 114 Å². The lowest BCUT2D eigenvalue weighted by Gasteiger charge is -2.37. The van der Waals surface area contributed by atoms with Crippen molar-refractivity contribution < 1.29 is 0 Å². The highest BCUT2D eigenvalue weighted by Gasteiger charge is 2.40. The number of aryl methyl sites for hydroxylation is 6. The number of pyridine rings is 6. The maximum absolute atomic E-state index is 5.65. The summed E-state index contributed by atoms with van der Waals surface area (Å²) in [6.07, 6.45) is 10.5. The second-order valence-electron chi connectivity index (χ2n) is 13.1. The zero-order valence-electron chi connectivity index (χ0n) is 30.8. The molecule has 0 radical (unpaired) electrons. The lowest BCUT2D eigenvalue weighted by Crippen LogP contribution is -2.17. The molecule has 6 N–H and O–H groups in total. The van der Waals surface area contributed by atoms with E-state index in [1.54, 1.807) is 37.2 Å². The summed E-state index contributed by atoms with van der Waals surface area (Å²) in [5.74, 6) is 3.41. The number of rotatable bonds is 12. The fourth-order valence-corrected chi connectivity index (χ4v) is 16.4. The van der Waals surface area contributed by atoms with Crippen LogP contribution in [0.5, 0.6) is 0 Å². The van der Waals surface area contributed by atoms with Gasteiger partial charge in [-0.15, -0.1) is 0 Å². The summed E-state index contributed by atoms with van der Waals surface area (Å²) in [5.41, 5.74) is 6.06. The van der Waals surface area contributed by atoms with E-state index >= 15 is 0 Å². The van der Waals surface area contributed by atoms with E-state index < -0.39 is 22.5 Å². The van der Waals surface area contributed by atoms with Crippen molar-refractivity contribution in [3.8, 4) is 0 Å². The highest BCUT2D eigenvalue weighted by molar-refractivity contribution is 7.89. The second-order valence-corrected chi connectivity index (χ2v) is 20.1. The van der Waals surface area contributed by atoms with Crippen molar-refractivity contribution in [3.63, 3.8) is 0 Å². The van der Waals surface area contributed by atoms with Gasteiger partial charge in [-0.2, -0.15) is 13.5 Å². The molecule has 6 aromatic heterocycles. The Morgan fingerprint density at radius 2 is 0.463 bits per heavy atom. The summed E-state index contributed by atoms with van der Waals surface area (Å²) in [5, 5.41) is 22.0. The van der Waals surface area contributed by atoms with Crippen LogP contribution in [0.3, 0.4) is 0 Å². The van der Waals surface area contributed by atoms with E-state index in [0.717, 1.165) is 33.4 Å². The van der Waals surface area contributed by atoms with Gasteiger partial charge < -0.3 is 30.5 Å². The molecule has 15 nitrogen and oxygen atoms in total. The molecule has 0 spiro atoms. The van der Waals surface area contributed by atoms with Gasteiger partial charge in [0.05, 0.1) is 0 Å². The summed E-state index contributed by atoms with van der Waals surface area (Å²) < 4.78 is 16.9. The molecule has 1 aliphatic rings. The molecular weight excluding hydrogens is 735 g/mol. The standard InChI is InChI=1S/C36H42N15P3/c1-25-7-13-37-31(19-25)43-52(44-32-20-26(2)8-14-38-32)49-53(45-33-21-27(3)9-15-39-33,46-34-22-28(4)10-16-40-34)51-54(50-52,47-35-23-29(5)11-17-41-35)48-36-24-30(6)12-18-42-36/h7-24H,1-6H3,(H,37,43)(H,38,44)(H,39,45)(H,40,46)(H,41,47)(H,42,48). The van der Waals surface area contributed by atoms with Crippen molar-refractivity contribution in [1.29, 1.82) is 0 Å². The van der Waals surface area contributed by atoms with Crippen LogP contribution >= 0.6 is 22.5 Å². The summed E-state index contributed by atoms with van der Waals surface area (Å²) in [7, 11) is -10.3. The summed E-state index contributed by atoms with van der Waals surface area (Å²) in [4.78, 5) is 28.3. The third-order valence-electron chi connectivity index (χ3n) is 7.89. The predicted octanol–water partition coefficient (Wildman–Crippen LogP) is 10.7. The largest absolute Gasteiger partial charge is 0.303 e. The third-order valence-corrected chi connectivity index (χ3v) is 17.4. The van der Waals surface area contributed by atoms with Crippen molar-refractivity contribution >= 4 is 57.4 Å². The number of nitrogens with one attached hydrogen (secondary N) is 6. The van der Waals surface area contributed by atoms with Gasteiger partial charge in [-0.1, -0.05) is 0 Å². The van der Waals surface area contributed by atoms with Crippen molar-refractivity contribution in [1.82, 2.24) is 29.9 Å². The average Bonchev–Trinajstić information content (AvgIpc) is 3.08. The summed E-state index contributed by atoms with van der Waals surface area (Å²) in [6.45, 7) is 12.1. The number of hydrogen-bond donors (Lipinski definition) is 6. The fourth-order valence-electron chi connectivity index (χ4n) is 5.51. The highest BCUT2D eigenvalue weighted by Crippen LogP contribution is 2.76. The van der Waals surface area contributed by atoms with Crippen molar-refractivity contribution in [3.05, 3.63) is 143 Å². The van der Waals surface area contributed by atoms with E-state index in [-0.39, 0.29) is 0 Å². The van der Waals surface area contributed by atoms with Gasteiger partial charge in [0.1, 0.15) is 34.9 Å². The summed E-state index contributed by atoms with van der Waals surface area (Å²) >= 11 is 0. The first-order chi connectivity index (χ1) is 26.0. The molecule has 7 heterocycles. The van der Waals surface area contributed by atoms with E-state index in [9.17, 15) is 0 Å². The Hall–Kier alpha value is -5.61. The minimum atomic E-state index is -3.44. The van der Waals surface area contributed by atoms with Crippen LogP contribution in [0.4, 0.5) is 34.9 Å². The molecule has 0 aliphatic carbocycles. The van der Waals surface area contributed by atoms with Gasteiger partial charge in [-0.25, -0.2) is 29.9 Å². The lowest BCUT2D eigenvalue weighted by molar-refractivity contribution is 1.26. The van der Waals surface area contributed by atoms with Gasteiger partial charge in [-0.3, -0.25) is 0 Å². The van der Waals surface area contributed by atoms with Gasteiger partial charge in [0.2, 0.25) is 0 Å². The molecular formula is C36H42N15P3. The minimum absolute atomic E-state index is 0.568. The molecule has 54 heavy (non-hydrogen) atoms. The van der Waals surface area contributed by atoms with Crippen LogP contribution in [0, 0.1) is 41.5 Å². The van der Waals surface area contributed by atoms with Gasteiger partial charge in [0, 0.05) is 37.2 Å². The first-order valence-corrected chi connectivity index (χ1v) is 22.2. The van der Waals surface area contributed by atoms with Crippen LogP contribution in [-0.2, 0) is 0 Å². The van der Waals surface area contributed by atoms with Crippen molar-refractivity contribution in [2.45, 2.75) is 41.5 Å². The Kier molecular flexibility index (Phi) is 10.5. The highest BCUT2D eigenvalue weighted by atomic mass is 31.3. The monoisotopic (exact) mass is 777 g/mol. The van der Waals surface area contributed by atoms with Crippen molar-refractivity contribution in [2.75, 3.05) is 30.5 Å². The summed E-state index contributed by atoms with van der Waals surface area (Å²) in [6, 6.07) is 23.4. The Morgan fingerprint density at radius 1 is 0.296 bits per heavy atom.